The van der Waals surface area contributed by atoms with Gasteiger partial charge in [-0.25, -0.2) is 0 Å². The first-order valence-corrected chi connectivity index (χ1v) is 20.5. The molecular formula is C43H77NO5. The molecule has 0 spiro atoms. The van der Waals surface area contributed by atoms with E-state index in [9.17, 15) is 14.7 Å². The number of hydrogen-bond donors (Lipinski definition) is 1. The van der Waals surface area contributed by atoms with E-state index in [0.717, 1.165) is 96.7 Å². The molecule has 2 bridgehead atoms. The van der Waals surface area contributed by atoms with E-state index >= 15 is 0 Å². The van der Waals surface area contributed by atoms with Gasteiger partial charge >= 0.3 is 11.9 Å². The van der Waals surface area contributed by atoms with Gasteiger partial charge in [0.25, 0.3) is 0 Å². The standard InChI is InChI=1S/C43H77NO5/c1-6-9-10-11-12-13-14-15-16-17-18-19-20-21-22-24-39(46)48-31-27-41(4)33-38-34-42(5,37-43(35-38,36-41)26-30-45)28-32-49-40(47)25-23-29-44(7-2)8-3/h12-13,15-16,38,45H,6-11,14,17-37H2,1-5H3/b13-12-,16-15-. The summed E-state index contributed by atoms with van der Waals surface area (Å²) in [6.45, 7) is 15.5. The number of ether oxygens (including phenoxy) is 2. The fraction of sp³-hybridized carbons (Fsp3) is 0.860. The fourth-order valence-electron chi connectivity index (χ4n) is 9.32. The number of carbonyl (C=O) groups excluding carboxylic acids is 2. The highest BCUT2D eigenvalue weighted by Gasteiger charge is 2.53. The highest BCUT2D eigenvalue weighted by molar-refractivity contribution is 5.69. The Hall–Kier alpha value is -1.66. The normalized spacial score (nSPS) is 25.4. The molecule has 6 heteroatoms. The summed E-state index contributed by atoms with van der Waals surface area (Å²) < 4.78 is 11.5. The van der Waals surface area contributed by atoms with Crippen molar-refractivity contribution in [3.8, 4) is 0 Å². The largest absolute Gasteiger partial charge is 0.466 e. The van der Waals surface area contributed by atoms with E-state index in [-0.39, 0.29) is 34.8 Å². The minimum absolute atomic E-state index is 0.0504. The van der Waals surface area contributed by atoms with Crippen molar-refractivity contribution in [2.75, 3.05) is 39.5 Å². The first kappa shape index (κ1) is 43.5. The molecule has 0 aromatic heterocycles. The molecule has 1 N–H and O–H groups in total. The average Bonchev–Trinajstić information content (AvgIpc) is 3.04. The number of aliphatic hydroxyl groups is 1. The minimum Gasteiger partial charge on any atom is -0.466 e. The van der Waals surface area contributed by atoms with Crippen LogP contribution in [-0.4, -0.2) is 61.4 Å². The predicted molar refractivity (Wildman–Crippen MR) is 204 cm³/mol. The van der Waals surface area contributed by atoms with Crippen LogP contribution in [0.3, 0.4) is 0 Å². The Kier molecular flexibility index (Phi) is 21.8. The zero-order valence-corrected chi connectivity index (χ0v) is 32.7. The van der Waals surface area contributed by atoms with Crippen molar-refractivity contribution >= 4 is 11.9 Å². The molecule has 2 rings (SSSR count). The van der Waals surface area contributed by atoms with Crippen LogP contribution in [0, 0.1) is 22.2 Å². The van der Waals surface area contributed by atoms with Gasteiger partial charge in [-0.3, -0.25) is 9.59 Å². The van der Waals surface area contributed by atoms with E-state index in [1.807, 2.05) is 0 Å². The Morgan fingerprint density at radius 1 is 0.694 bits per heavy atom. The molecule has 0 radical (unpaired) electrons. The van der Waals surface area contributed by atoms with Crippen molar-refractivity contribution in [2.45, 2.75) is 176 Å². The summed E-state index contributed by atoms with van der Waals surface area (Å²) >= 11 is 0. The summed E-state index contributed by atoms with van der Waals surface area (Å²) in [6.07, 6.45) is 32.3. The van der Waals surface area contributed by atoms with Crippen molar-refractivity contribution in [2.24, 2.45) is 22.2 Å². The van der Waals surface area contributed by atoms with E-state index in [1.165, 1.54) is 51.4 Å². The minimum atomic E-state index is -0.0746. The lowest BCUT2D eigenvalue weighted by atomic mass is 9.47. The number of esters is 2. The van der Waals surface area contributed by atoms with Gasteiger partial charge in [-0.05, 0) is 138 Å². The van der Waals surface area contributed by atoms with Crippen LogP contribution in [0.1, 0.15) is 176 Å². The van der Waals surface area contributed by atoms with E-state index < -0.39 is 0 Å². The van der Waals surface area contributed by atoms with Gasteiger partial charge in [-0.1, -0.05) is 91.0 Å². The molecule has 0 amide bonds. The Morgan fingerprint density at radius 2 is 1.22 bits per heavy atom. The molecule has 284 valence electrons. The van der Waals surface area contributed by atoms with Gasteiger partial charge in [0.15, 0.2) is 0 Å². The molecule has 0 heterocycles. The predicted octanol–water partition coefficient (Wildman–Crippen LogP) is 10.8. The average molecular weight is 688 g/mol. The number of fused-ring (bicyclic) bond motifs is 2. The first-order valence-electron chi connectivity index (χ1n) is 20.5. The van der Waals surface area contributed by atoms with Crippen LogP contribution in [0.5, 0.6) is 0 Å². The summed E-state index contributed by atoms with van der Waals surface area (Å²) in [4.78, 5) is 27.3. The number of allylic oxidation sites excluding steroid dienone is 4. The molecule has 0 aromatic carbocycles. The van der Waals surface area contributed by atoms with Gasteiger partial charge < -0.3 is 19.5 Å². The molecule has 2 saturated carbocycles. The second-order valence-corrected chi connectivity index (χ2v) is 16.5. The Morgan fingerprint density at radius 3 is 1.78 bits per heavy atom. The van der Waals surface area contributed by atoms with Crippen LogP contribution < -0.4 is 0 Å². The van der Waals surface area contributed by atoms with Crippen molar-refractivity contribution in [3.63, 3.8) is 0 Å². The van der Waals surface area contributed by atoms with Gasteiger partial charge in [0, 0.05) is 19.4 Å². The lowest BCUT2D eigenvalue weighted by Crippen LogP contribution is -2.48. The molecule has 2 fully saturated rings. The van der Waals surface area contributed by atoms with Gasteiger partial charge in [0.05, 0.1) is 13.2 Å². The topological polar surface area (TPSA) is 76.1 Å². The Bertz CT molecular complexity index is 960. The molecule has 0 aliphatic heterocycles. The maximum Gasteiger partial charge on any atom is 0.305 e. The summed E-state index contributed by atoms with van der Waals surface area (Å²) in [5.74, 6) is 0.470. The molecule has 4 unspecified atom stereocenters. The summed E-state index contributed by atoms with van der Waals surface area (Å²) in [5.41, 5.74) is 0.350. The van der Waals surface area contributed by atoms with Crippen molar-refractivity contribution in [1.82, 2.24) is 4.90 Å². The molecule has 2 aliphatic carbocycles. The highest BCUT2D eigenvalue weighted by atomic mass is 16.5. The molecule has 2 aliphatic rings. The summed E-state index contributed by atoms with van der Waals surface area (Å²) in [7, 11) is 0. The Labute approximate surface area is 302 Å². The van der Waals surface area contributed by atoms with E-state index in [2.05, 4.69) is 63.8 Å². The number of nitrogens with zero attached hydrogens (tertiary/aromatic N) is 1. The maximum atomic E-state index is 12.5. The number of unbranched alkanes of at least 4 members (excludes halogenated alkanes) is 8. The summed E-state index contributed by atoms with van der Waals surface area (Å²) in [6, 6.07) is 0. The number of carbonyl (C=O) groups is 2. The highest BCUT2D eigenvalue weighted by Crippen LogP contribution is 2.63. The number of aliphatic hydroxyl groups excluding tert-OH is 1. The smallest absolute Gasteiger partial charge is 0.305 e. The third-order valence-electron chi connectivity index (χ3n) is 11.5. The third-order valence-corrected chi connectivity index (χ3v) is 11.5. The second kappa shape index (κ2) is 24.5. The van der Waals surface area contributed by atoms with Crippen LogP contribution in [0.2, 0.25) is 0 Å². The lowest BCUT2D eigenvalue weighted by Gasteiger charge is -2.58. The van der Waals surface area contributed by atoms with E-state index in [4.69, 9.17) is 9.47 Å². The zero-order valence-electron chi connectivity index (χ0n) is 32.7. The molecule has 0 aromatic rings. The number of hydrogen-bond acceptors (Lipinski definition) is 6. The lowest BCUT2D eigenvalue weighted by molar-refractivity contribution is -0.146. The van der Waals surface area contributed by atoms with Crippen LogP contribution in [0.4, 0.5) is 0 Å². The van der Waals surface area contributed by atoms with Crippen LogP contribution in [0.15, 0.2) is 24.3 Å². The molecule has 49 heavy (non-hydrogen) atoms. The second-order valence-electron chi connectivity index (χ2n) is 16.5. The Balaban J connectivity index is 1.63. The van der Waals surface area contributed by atoms with Crippen molar-refractivity contribution in [3.05, 3.63) is 24.3 Å². The van der Waals surface area contributed by atoms with E-state index in [1.54, 1.807) is 0 Å². The van der Waals surface area contributed by atoms with E-state index in [0.29, 0.717) is 32.0 Å². The van der Waals surface area contributed by atoms with Crippen LogP contribution >= 0.6 is 0 Å². The van der Waals surface area contributed by atoms with Gasteiger partial charge in [0.1, 0.15) is 0 Å². The first-order chi connectivity index (χ1) is 23.6. The quantitative estimate of drug-likeness (QED) is 0.0501. The fourth-order valence-corrected chi connectivity index (χ4v) is 9.32. The van der Waals surface area contributed by atoms with Gasteiger partial charge in [-0.15, -0.1) is 0 Å². The van der Waals surface area contributed by atoms with Crippen molar-refractivity contribution in [1.29, 1.82) is 0 Å². The van der Waals surface area contributed by atoms with Crippen LogP contribution in [0.25, 0.3) is 0 Å². The monoisotopic (exact) mass is 688 g/mol. The SMILES string of the molecule is CCCCC/C=C\C/C=C\CCCCCCCC(=O)OCCC1(C)CC2CC(C)(CCOC(=O)CCCN(CC)CC)CC(CCO)(C2)C1. The molecule has 4 atom stereocenters. The van der Waals surface area contributed by atoms with Crippen molar-refractivity contribution < 1.29 is 24.2 Å². The summed E-state index contributed by atoms with van der Waals surface area (Å²) in [5, 5.41) is 10.1. The third kappa shape index (κ3) is 18.4. The molecule has 6 nitrogen and oxygen atoms in total. The van der Waals surface area contributed by atoms with Crippen LogP contribution in [-0.2, 0) is 19.1 Å². The zero-order chi connectivity index (χ0) is 35.9. The number of rotatable bonds is 28. The maximum absolute atomic E-state index is 12.5. The molecule has 0 saturated heterocycles. The van der Waals surface area contributed by atoms with Gasteiger partial charge in [-0.2, -0.15) is 0 Å². The van der Waals surface area contributed by atoms with Gasteiger partial charge in [0.2, 0.25) is 0 Å². The molecular weight excluding hydrogens is 610 g/mol.